The summed E-state index contributed by atoms with van der Waals surface area (Å²) in [5, 5.41) is 32.1. The van der Waals surface area contributed by atoms with Crippen molar-refractivity contribution in [3.63, 3.8) is 0 Å². The zero-order valence-electron chi connectivity index (χ0n) is 24.8. The summed E-state index contributed by atoms with van der Waals surface area (Å²) in [7, 11) is 4.72. The van der Waals surface area contributed by atoms with E-state index in [-0.39, 0.29) is 34.5 Å². The Morgan fingerprint density at radius 3 is 2.27 bits per heavy atom. The highest BCUT2D eigenvalue weighted by molar-refractivity contribution is 6.11. The Morgan fingerprint density at radius 2 is 1.64 bits per heavy atom. The minimum Gasteiger partial charge on any atom is -0.478 e. The van der Waals surface area contributed by atoms with Crippen molar-refractivity contribution in [2.45, 2.75) is 12.5 Å². The fourth-order valence-corrected chi connectivity index (χ4v) is 5.02. The van der Waals surface area contributed by atoms with Crippen LogP contribution >= 0.6 is 0 Å². The zero-order chi connectivity index (χ0) is 32.2. The number of anilines is 2. The van der Waals surface area contributed by atoms with Crippen molar-refractivity contribution in [1.82, 2.24) is 39.1 Å². The van der Waals surface area contributed by atoms with Gasteiger partial charge in [-0.3, -0.25) is 19.0 Å². The molecule has 6 heterocycles. The summed E-state index contributed by atoms with van der Waals surface area (Å²) in [6.45, 7) is 3.52. The third kappa shape index (κ3) is 6.60. The second-order valence-electron chi connectivity index (χ2n) is 10.3. The Morgan fingerprint density at radius 1 is 0.956 bits per heavy atom. The quantitative estimate of drug-likeness (QED) is 0.252. The second-order valence-corrected chi connectivity index (χ2v) is 10.3. The van der Waals surface area contributed by atoms with Gasteiger partial charge in [0.15, 0.2) is 11.3 Å². The molecule has 0 aromatic carbocycles. The molecule has 1 unspecified atom stereocenters. The Balaban J connectivity index is 0.000000282. The first kappa shape index (κ1) is 31.1. The highest BCUT2D eigenvalue weighted by Crippen LogP contribution is 2.21. The third-order valence-electron chi connectivity index (χ3n) is 7.39. The van der Waals surface area contributed by atoms with Gasteiger partial charge in [0.1, 0.15) is 11.3 Å². The molecule has 18 heteroatoms. The van der Waals surface area contributed by atoms with Crippen LogP contribution in [0, 0.1) is 0 Å². The molecule has 2 aliphatic heterocycles. The predicted octanol–water partition coefficient (Wildman–Crippen LogP) is 0.229. The number of ether oxygens (including phenoxy) is 2. The molecule has 0 aliphatic carbocycles. The normalized spacial score (nSPS) is 16.4. The fraction of sp³-hybridized carbons (Fsp3) is 0.407. The van der Waals surface area contributed by atoms with E-state index in [9.17, 15) is 19.2 Å². The molecule has 2 saturated heterocycles. The number of fused-ring (bicyclic) bond motifs is 1. The summed E-state index contributed by atoms with van der Waals surface area (Å²) in [6.07, 6.45) is 5.26. The molecule has 1 atom stereocenters. The lowest BCUT2D eigenvalue weighted by Crippen LogP contribution is -2.41. The highest BCUT2D eigenvalue weighted by atomic mass is 16.5. The lowest BCUT2D eigenvalue weighted by molar-refractivity contribution is 0.0301. The Hall–Kier alpha value is -5.36. The van der Waals surface area contributed by atoms with Crippen LogP contribution in [0.5, 0.6) is 0 Å². The van der Waals surface area contributed by atoms with Gasteiger partial charge >= 0.3 is 11.9 Å². The smallest absolute Gasteiger partial charge is 0.355 e. The maximum absolute atomic E-state index is 13.1. The first-order valence-corrected chi connectivity index (χ1v) is 13.9. The van der Waals surface area contributed by atoms with Crippen molar-refractivity contribution in [2.75, 3.05) is 56.7 Å². The number of aromatic carboxylic acids is 2. The SMILES string of the molecule is COC1CCN(c2nc3ccc(NC(=O)c4c(C(=O)N5CCOCC5)cnn4C)cn3n2)C1.Cn1ncc(C(=O)O)c1C(=O)O. The first-order chi connectivity index (χ1) is 21.6. The largest absolute Gasteiger partial charge is 0.478 e. The number of carbonyl (C=O) groups is 4. The summed E-state index contributed by atoms with van der Waals surface area (Å²) >= 11 is 0. The molecule has 0 radical (unpaired) electrons. The van der Waals surface area contributed by atoms with E-state index in [0.717, 1.165) is 30.4 Å². The number of aryl methyl sites for hydroxylation is 2. The van der Waals surface area contributed by atoms with Crippen LogP contribution < -0.4 is 10.2 Å². The lowest BCUT2D eigenvalue weighted by Gasteiger charge is -2.26. The summed E-state index contributed by atoms with van der Waals surface area (Å²) in [4.78, 5) is 55.3. The average molecular weight is 625 g/mol. The van der Waals surface area contributed by atoms with Crippen LogP contribution in [0.3, 0.4) is 0 Å². The predicted molar refractivity (Wildman–Crippen MR) is 156 cm³/mol. The maximum atomic E-state index is 13.1. The molecule has 45 heavy (non-hydrogen) atoms. The highest BCUT2D eigenvalue weighted by Gasteiger charge is 2.28. The number of aromatic nitrogens is 7. The van der Waals surface area contributed by atoms with Gasteiger partial charge in [-0.05, 0) is 18.6 Å². The van der Waals surface area contributed by atoms with Crippen molar-refractivity contribution in [3.8, 4) is 0 Å². The van der Waals surface area contributed by atoms with Gasteiger partial charge in [-0.25, -0.2) is 14.1 Å². The molecule has 18 nitrogen and oxygen atoms in total. The summed E-state index contributed by atoms with van der Waals surface area (Å²) < 4.78 is 14.8. The van der Waals surface area contributed by atoms with Crippen molar-refractivity contribution in [2.24, 2.45) is 14.1 Å². The van der Waals surface area contributed by atoms with E-state index in [1.165, 1.54) is 17.9 Å². The first-order valence-electron chi connectivity index (χ1n) is 13.9. The van der Waals surface area contributed by atoms with Crippen LogP contribution in [-0.4, -0.2) is 126 Å². The van der Waals surface area contributed by atoms with Gasteiger partial charge in [0, 0.05) is 47.4 Å². The molecule has 3 N–H and O–H groups in total. The number of nitrogens with zero attached hydrogens (tertiary/aromatic N) is 9. The molecule has 4 aromatic heterocycles. The Kier molecular flexibility index (Phi) is 9.05. The van der Waals surface area contributed by atoms with Crippen LogP contribution in [0.2, 0.25) is 0 Å². The fourth-order valence-electron chi connectivity index (χ4n) is 5.02. The number of amides is 2. The topological polar surface area (TPSA) is 212 Å². The number of hydrogen-bond donors (Lipinski definition) is 3. The molecule has 4 aromatic rings. The Bertz CT molecular complexity index is 1740. The third-order valence-corrected chi connectivity index (χ3v) is 7.39. The number of nitrogens with one attached hydrogen (secondary N) is 1. The molecular weight excluding hydrogens is 592 g/mol. The van der Waals surface area contributed by atoms with E-state index in [1.807, 2.05) is 0 Å². The van der Waals surface area contributed by atoms with Crippen LogP contribution in [0.1, 0.15) is 48.1 Å². The summed E-state index contributed by atoms with van der Waals surface area (Å²) in [5.74, 6) is -2.61. The summed E-state index contributed by atoms with van der Waals surface area (Å²) in [5.41, 5.74) is 1.06. The molecular formula is C27H32N10O8. The Labute approximate surface area is 255 Å². The second kappa shape index (κ2) is 13.1. The molecule has 2 amide bonds. The maximum Gasteiger partial charge on any atom is 0.355 e. The number of carbonyl (C=O) groups excluding carboxylic acids is 2. The van der Waals surface area contributed by atoms with E-state index in [1.54, 1.807) is 41.9 Å². The minimum atomic E-state index is -1.30. The van der Waals surface area contributed by atoms with Crippen molar-refractivity contribution in [3.05, 3.63) is 53.2 Å². The lowest BCUT2D eigenvalue weighted by atomic mass is 10.2. The number of pyridine rings is 1. The van der Waals surface area contributed by atoms with Crippen LogP contribution in [0.4, 0.5) is 11.6 Å². The van der Waals surface area contributed by atoms with Crippen molar-refractivity contribution >= 4 is 41.0 Å². The number of carboxylic acids is 2. The molecule has 2 fully saturated rings. The van der Waals surface area contributed by atoms with Gasteiger partial charge in [-0.1, -0.05) is 0 Å². The van der Waals surface area contributed by atoms with Crippen molar-refractivity contribution < 1.29 is 38.9 Å². The van der Waals surface area contributed by atoms with Crippen molar-refractivity contribution in [1.29, 1.82) is 0 Å². The summed E-state index contributed by atoms with van der Waals surface area (Å²) in [6, 6.07) is 3.55. The van der Waals surface area contributed by atoms with Gasteiger partial charge in [-0.2, -0.15) is 15.2 Å². The van der Waals surface area contributed by atoms with E-state index in [4.69, 9.17) is 19.7 Å². The average Bonchev–Trinajstić information content (AvgIpc) is 3.82. The monoisotopic (exact) mass is 624 g/mol. The van der Waals surface area contributed by atoms with Gasteiger partial charge in [-0.15, -0.1) is 5.10 Å². The molecule has 6 rings (SSSR count). The van der Waals surface area contributed by atoms with Crippen LogP contribution in [0.15, 0.2) is 30.7 Å². The van der Waals surface area contributed by atoms with Gasteiger partial charge < -0.3 is 34.8 Å². The van der Waals surface area contributed by atoms with Crippen LogP contribution in [0.25, 0.3) is 5.65 Å². The standard InChI is InChI=1S/C21H26N8O4.C6H6N2O4/c1-26-18(16(11-22-26)20(31)27-7-9-33-10-8-27)19(30)23-14-3-4-17-24-21(25-29(17)12-14)28-6-5-15(13-28)32-2;1-8-4(6(11)12)3(2-7-8)5(9)10/h3-4,11-12,15H,5-10,13H2,1-2H3,(H,23,30);2H,1H3,(H,9,10)(H,11,12). The van der Waals surface area contributed by atoms with Gasteiger partial charge in [0.05, 0.1) is 49.2 Å². The molecule has 0 spiro atoms. The molecule has 238 valence electrons. The van der Waals surface area contributed by atoms with Gasteiger partial charge in [0.25, 0.3) is 11.8 Å². The zero-order valence-corrected chi connectivity index (χ0v) is 24.8. The number of methoxy groups -OCH3 is 1. The van der Waals surface area contributed by atoms with E-state index in [0.29, 0.717) is 43.6 Å². The van der Waals surface area contributed by atoms with E-state index in [2.05, 4.69) is 30.5 Å². The molecule has 2 aliphatic rings. The number of rotatable bonds is 7. The molecule has 0 bridgehead atoms. The van der Waals surface area contributed by atoms with Gasteiger partial charge in [0.2, 0.25) is 5.95 Å². The van der Waals surface area contributed by atoms with Crippen LogP contribution in [-0.2, 0) is 23.6 Å². The van der Waals surface area contributed by atoms with E-state index >= 15 is 0 Å². The number of carboxylic acid groups (broad SMARTS) is 2. The minimum absolute atomic E-state index is 0.180. The van der Waals surface area contributed by atoms with E-state index < -0.39 is 17.8 Å². The number of hydrogen-bond acceptors (Lipinski definition) is 11. The number of morpholine rings is 1. The molecule has 0 saturated carbocycles.